The van der Waals surface area contributed by atoms with Gasteiger partial charge in [-0.2, -0.15) is 0 Å². The fraction of sp³-hybridized carbons (Fsp3) is 0.353. The second-order valence-corrected chi connectivity index (χ2v) is 7.49. The van der Waals surface area contributed by atoms with Gasteiger partial charge in [0.05, 0.1) is 6.61 Å². The number of rotatable bonds is 7. The molecule has 0 aliphatic heterocycles. The number of hydrogen-bond donors (Lipinski definition) is 1. The largest absolute Gasteiger partial charge is 0.462 e. The van der Waals surface area contributed by atoms with Crippen molar-refractivity contribution in [1.29, 1.82) is 0 Å². The van der Waals surface area contributed by atoms with Crippen LogP contribution in [0.3, 0.4) is 0 Å². The fourth-order valence-electron chi connectivity index (χ4n) is 2.64. The zero-order chi connectivity index (χ0) is 18.7. The van der Waals surface area contributed by atoms with Gasteiger partial charge in [0.15, 0.2) is 5.16 Å². The van der Waals surface area contributed by atoms with E-state index in [0.717, 1.165) is 6.42 Å². The van der Waals surface area contributed by atoms with Crippen LogP contribution in [0.1, 0.15) is 35.5 Å². The van der Waals surface area contributed by atoms with Gasteiger partial charge in [0, 0.05) is 22.4 Å². The summed E-state index contributed by atoms with van der Waals surface area (Å²) in [4.78, 5) is 24.5. The summed E-state index contributed by atoms with van der Waals surface area (Å²) in [7, 11) is 0. The van der Waals surface area contributed by atoms with E-state index in [1.54, 1.807) is 23.6 Å². The van der Waals surface area contributed by atoms with Crippen molar-refractivity contribution in [3.8, 4) is 0 Å². The Kier molecular flexibility index (Phi) is 5.77. The summed E-state index contributed by atoms with van der Waals surface area (Å²) >= 11 is 2.51. The van der Waals surface area contributed by atoms with Crippen LogP contribution in [0.25, 0.3) is 10.1 Å². The monoisotopic (exact) mass is 395 g/mol. The van der Waals surface area contributed by atoms with Crippen LogP contribution in [0.5, 0.6) is 0 Å². The van der Waals surface area contributed by atoms with Crippen molar-refractivity contribution in [3.05, 3.63) is 44.9 Å². The molecule has 26 heavy (non-hydrogen) atoms. The van der Waals surface area contributed by atoms with Gasteiger partial charge >= 0.3 is 11.7 Å². The maximum atomic E-state index is 14.4. The molecule has 0 radical (unpaired) electrons. The summed E-state index contributed by atoms with van der Waals surface area (Å²) in [6, 6.07) is 4.77. The highest BCUT2D eigenvalue weighted by Crippen LogP contribution is 2.37. The van der Waals surface area contributed by atoms with Crippen LogP contribution in [-0.2, 0) is 17.0 Å². The first kappa shape index (κ1) is 18.7. The van der Waals surface area contributed by atoms with E-state index in [1.165, 1.54) is 29.2 Å². The standard InChI is InChI=1S/C17H18FN3O3S2/c1-3-8-21-16(23)19-20-17(21)25-9-10-13-11(18)6-5-7-12(13)26-14(10)15(22)24-4-2/h5-7H,3-4,8-9H2,1-2H3,(H,19,23). The first-order valence-corrected chi connectivity index (χ1v) is 10.0. The maximum absolute atomic E-state index is 14.4. The molecule has 6 nitrogen and oxygen atoms in total. The third-order valence-electron chi connectivity index (χ3n) is 3.74. The summed E-state index contributed by atoms with van der Waals surface area (Å²) in [5.74, 6) is -0.530. The lowest BCUT2D eigenvalue weighted by Gasteiger charge is -2.06. The number of carbonyl (C=O) groups is 1. The molecule has 0 spiro atoms. The van der Waals surface area contributed by atoms with Crippen molar-refractivity contribution in [3.63, 3.8) is 0 Å². The van der Waals surface area contributed by atoms with Crippen molar-refractivity contribution >= 4 is 39.2 Å². The molecule has 3 rings (SSSR count). The molecular weight excluding hydrogens is 377 g/mol. The number of hydrogen-bond acceptors (Lipinski definition) is 6. The van der Waals surface area contributed by atoms with E-state index in [-0.39, 0.29) is 18.1 Å². The van der Waals surface area contributed by atoms with Gasteiger partial charge in [-0.25, -0.2) is 19.1 Å². The Bertz CT molecular complexity index is 993. The molecule has 1 N–H and O–H groups in total. The predicted molar refractivity (Wildman–Crippen MR) is 100 cm³/mol. The molecule has 1 aromatic carbocycles. The maximum Gasteiger partial charge on any atom is 0.348 e. The lowest BCUT2D eigenvalue weighted by molar-refractivity contribution is 0.0531. The molecule has 0 amide bonds. The molecular formula is C17H18FN3O3S2. The molecule has 0 aliphatic rings. The smallest absolute Gasteiger partial charge is 0.348 e. The number of fused-ring (bicyclic) bond motifs is 1. The van der Waals surface area contributed by atoms with Crippen LogP contribution in [0.15, 0.2) is 28.2 Å². The number of esters is 1. The Labute approximate surface area is 157 Å². The topological polar surface area (TPSA) is 77.0 Å². The number of nitrogens with one attached hydrogen (secondary N) is 1. The average Bonchev–Trinajstić information content (AvgIpc) is 3.16. The molecule has 3 aromatic rings. The number of halogens is 1. The number of ether oxygens (including phenoxy) is 1. The minimum absolute atomic E-state index is 0.248. The molecule has 0 saturated heterocycles. The van der Waals surface area contributed by atoms with Gasteiger partial charge in [-0.3, -0.25) is 4.57 Å². The first-order chi connectivity index (χ1) is 12.6. The zero-order valence-electron chi connectivity index (χ0n) is 14.4. The Morgan fingerprint density at radius 2 is 2.23 bits per heavy atom. The van der Waals surface area contributed by atoms with Gasteiger partial charge in [0.25, 0.3) is 0 Å². The Hall–Kier alpha value is -2.13. The van der Waals surface area contributed by atoms with Gasteiger partial charge in [0.2, 0.25) is 0 Å². The average molecular weight is 395 g/mol. The van der Waals surface area contributed by atoms with E-state index in [4.69, 9.17) is 4.74 Å². The summed E-state index contributed by atoms with van der Waals surface area (Å²) in [6.07, 6.45) is 0.789. The van der Waals surface area contributed by atoms with Gasteiger partial charge in [0.1, 0.15) is 10.7 Å². The zero-order valence-corrected chi connectivity index (χ0v) is 16.0. The molecule has 0 fully saturated rings. The number of aromatic nitrogens is 3. The minimum atomic E-state index is -0.461. The van der Waals surface area contributed by atoms with Crippen LogP contribution in [0.4, 0.5) is 4.39 Å². The molecule has 0 saturated carbocycles. The van der Waals surface area contributed by atoms with Gasteiger partial charge < -0.3 is 4.74 Å². The molecule has 0 atom stereocenters. The third kappa shape index (κ3) is 3.54. The third-order valence-corrected chi connectivity index (χ3v) is 5.92. The van der Waals surface area contributed by atoms with E-state index < -0.39 is 5.97 Å². The number of carbonyl (C=O) groups excluding carboxylic acids is 1. The second-order valence-electron chi connectivity index (χ2n) is 5.49. The number of benzene rings is 1. The summed E-state index contributed by atoms with van der Waals surface area (Å²) in [5.41, 5.74) is 0.298. The quantitative estimate of drug-likeness (QED) is 0.486. The van der Waals surface area contributed by atoms with Crippen molar-refractivity contribution in [2.75, 3.05) is 6.61 Å². The second kappa shape index (κ2) is 8.05. The van der Waals surface area contributed by atoms with Crippen LogP contribution in [-0.4, -0.2) is 27.3 Å². The van der Waals surface area contributed by atoms with E-state index in [9.17, 15) is 14.0 Å². The lowest BCUT2D eigenvalue weighted by Crippen LogP contribution is -2.17. The van der Waals surface area contributed by atoms with Gasteiger partial charge in [-0.1, -0.05) is 24.8 Å². The number of thioether (sulfide) groups is 1. The Morgan fingerprint density at radius 3 is 2.96 bits per heavy atom. The molecule has 9 heteroatoms. The molecule has 2 heterocycles. The molecule has 0 bridgehead atoms. The van der Waals surface area contributed by atoms with Crippen molar-refractivity contribution in [2.24, 2.45) is 0 Å². The Balaban J connectivity index is 1.99. The molecule has 2 aromatic heterocycles. The van der Waals surface area contributed by atoms with E-state index in [2.05, 4.69) is 10.2 Å². The first-order valence-electron chi connectivity index (χ1n) is 8.21. The lowest BCUT2D eigenvalue weighted by atomic mass is 10.1. The van der Waals surface area contributed by atoms with Crippen LogP contribution < -0.4 is 5.69 Å². The highest BCUT2D eigenvalue weighted by Gasteiger charge is 2.22. The summed E-state index contributed by atoms with van der Waals surface area (Å²) in [5, 5.41) is 7.40. The molecule has 138 valence electrons. The van der Waals surface area contributed by atoms with Gasteiger partial charge in [-0.15, -0.1) is 16.4 Å². The molecule has 0 unspecified atom stereocenters. The highest BCUT2D eigenvalue weighted by atomic mass is 32.2. The number of aromatic amines is 1. The minimum Gasteiger partial charge on any atom is -0.462 e. The van der Waals surface area contributed by atoms with E-state index in [0.29, 0.717) is 38.0 Å². The number of thiophene rings is 1. The summed E-state index contributed by atoms with van der Waals surface area (Å²) in [6.45, 7) is 4.49. The van der Waals surface area contributed by atoms with Crippen molar-refractivity contribution in [1.82, 2.24) is 14.8 Å². The number of nitrogens with zero attached hydrogens (tertiary/aromatic N) is 2. The van der Waals surface area contributed by atoms with E-state index in [1.807, 2.05) is 6.92 Å². The van der Waals surface area contributed by atoms with Crippen LogP contribution in [0.2, 0.25) is 0 Å². The normalized spacial score (nSPS) is 11.2. The predicted octanol–water partition coefficient (Wildman–Crippen LogP) is 3.80. The summed E-state index contributed by atoms with van der Waals surface area (Å²) < 4.78 is 21.8. The van der Waals surface area contributed by atoms with E-state index >= 15 is 0 Å². The van der Waals surface area contributed by atoms with Gasteiger partial charge in [-0.05, 0) is 31.0 Å². The van der Waals surface area contributed by atoms with Crippen molar-refractivity contribution in [2.45, 2.75) is 37.7 Å². The fourth-order valence-corrected chi connectivity index (χ4v) is 4.86. The van der Waals surface area contributed by atoms with Crippen LogP contribution >= 0.6 is 23.1 Å². The SMILES string of the molecule is CCCn1c(SCc2c(C(=O)OCC)sc3cccc(F)c23)n[nH]c1=O. The molecule has 0 aliphatic carbocycles. The van der Waals surface area contributed by atoms with Crippen LogP contribution in [0, 0.1) is 5.82 Å². The number of H-pyrrole nitrogens is 1. The highest BCUT2D eigenvalue weighted by molar-refractivity contribution is 7.98. The Morgan fingerprint density at radius 1 is 1.42 bits per heavy atom. The van der Waals surface area contributed by atoms with Crippen molar-refractivity contribution < 1.29 is 13.9 Å².